The highest BCUT2D eigenvalue weighted by Gasteiger charge is 2.06. The normalized spacial score (nSPS) is 10.7. The molecule has 0 spiro atoms. The number of hydrogen-bond acceptors (Lipinski definition) is 4. The number of anilines is 1. The van der Waals surface area contributed by atoms with Crippen molar-refractivity contribution in [3.8, 4) is 5.75 Å². The van der Waals surface area contributed by atoms with Gasteiger partial charge in [0.2, 0.25) is 5.91 Å². The molecule has 1 heterocycles. The highest BCUT2D eigenvalue weighted by molar-refractivity contribution is 7.18. The summed E-state index contributed by atoms with van der Waals surface area (Å²) in [5.74, 6) is 0.841. The maximum atomic E-state index is 12.1. The third-order valence-electron chi connectivity index (χ3n) is 3.58. The smallest absolute Gasteiger partial charge is 0.224 e. The van der Waals surface area contributed by atoms with Crippen molar-refractivity contribution in [3.63, 3.8) is 0 Å². The molecular formula is C18H18N2O2S. The molecule has 2 aromatic carbocycles. The van der Waals surface area contributed by atoms with Crippen LogP contribution in [-0.2, 0) is 11.2 Å². The van der Waals surface area contributed by atoms with Crippen molar-refractivity contribution in [2.75, 3.05) is 12.4 Å². The Hall–Kier alpha value is -2.40. The van der Waals surface area contributed by atoms with Crippen LogP contribution in [0.5, 0.6) is 5.75 Å². The molecule has 3 aromatic rings. The van der Waals surface area contributed by atoms with Gasteiger partial charge in [0.05, 0.1) is 22.3 Å². The number of fused-ring (bicyclic) bond motifs is 1. The fraction of sp³-hybridized carbons (Fsp3) is 0.222. The molecule has 0 saturated carbocycles. The van der Waals surface area contributed by atoms with Gasteiger partial charge in [-0.2, -0.15) is 0 Å². The molecule has 0 saturated heterocycles. The average Bonchev–Trinajstić information content (AvgIpc) is 2.92. The molecule has 118 valence electrons. The lowest BCUT2D eigenvalue weighted by Gasteiger charge is -2.06. The minimum absolute atomic E-state index is 0.0152. The van der Waals surface area contributed by atoms with Gasteiger partial charge >= 0.3 is 0 Å². The van der Waals surface area contributed by atoms with Crippen LogP contribution in [0.1, 0.15) is 17.0 Å². The summed E-state index contributed by atoms with van der Waals surface area (Å²) in [6.45, 7) is 1.98. The zero-order chi connectivity index (χ0) is 16.2. The maximum Gasteiger partial charge on any atom is 0.224 e. The van der Waals surface area contributed by atoms with Crippen LogP contribution in [0.15, 0.2) is 42.5 Å². The number of benzene rings is 2. The molecular weight excluding hydrogens is 308 g/mol. The van der Waals surface area contributed by atoms with Crippen LogP contribution in [-0.4, -0.2) is 18.0 Å². The Balaban J connectivity index is 1.59. The summed E-state index contributed by atoms with van der Waals surface area (Å²) in [6.07, 6.45) is 1.16. The summed E-state index contributed by atoms with van der Waals surface area (Å²) in [7, 11) is 1.64. The van der Waals surface area contributed by atoms with Crippen molar-refractivity contribution < 1.29 is 9.53 Å². The van der Waals surface area contributed by atoms with Crippen molar-refractivity contribution >= 4 is 33.1 Å². The molecule has 0 radical (unpaired) electrons. The zero-order valence-electron chi connectivity index (χ0n) is 13.1. The molecule has 0 aliphatic carbocycles. The standard InChI is InChI=1S/C18H18N2O2S/c1-12-19-16-9-6-14(11-17(16)23-12)20-18(21)10-5-13-3-7-15(22-2)8-4-13/h3-4,6-9,11H,5,10H2,1-2H3,(H,20,21). The first kappa shape index (κ1) is 15.5. The maximum absolute atomic E-state index is 12.1. The summed E-state index contributed by atoms with van der Waals surface area (Å²) in [5, 5.41) is 3.98. The van der Waals surface area contributed by atoms with Crippen LogP contribution >= 0.6 is 11.3 Å². The SMILES string of the molecule is COc1ccc(CCC(=O)Nc2ccc3nc(C)sc3c2)cc1. The first-order chi connectivity index (χ1) is 11.1. The summed E-state index contributed by atoms with van der Waals surface area (Å²) in [4.78, 5) is 16.5. The predicted octanol–water partition coefficient (Wildman–Crippen LogP) is 4.18. The second-order valence-corrected chi connectivity index (χ2v) is 6.55. The van der Waals surface area contributed by atoms with Crippen molar-refractivity contribution in [1.82, 2.24) is 4.98 Å². The van der Waals surface area contributed by atoms with Gasteiger partial charge in [-0.05, 0) is 49.2 Å². The van der Waals surface area contributed by atoms with Gasteiger partial charge in [0.25, 0.3) is 0 Å². The van der Waals surface area contributed by atoms with Crippen LogP contribution in [0.3, 0.4) is 0 Å². The molecule has 4 nitrogen and oxygen atoms in total. The lowest BCUT2D eigenvalue weighted by molar-refractivity contribution is -0.116. The van der Waals surface area contributed by atoms with E-state index in [4.69, 9.17) is 4.74 Å². The van der Waals surface area contributed by atoms with Crippen LogP contribution in [0.25, 0.3) is 10.2 Å². The highest BCUT2D eigenvalue weighted by Crippen LogP contribution is 2.24. The highest BCUT2D eigenvalue weighted by atomic mass is 32.1. The topological polar surface area (TPSA) is 51.2 Å². The molecule has 1 N–H and O–H groups in total. The number of methoxy groups -OCH3 is 1. The number of hydrogen-bond donors (Lipinski definition) is 1. The predicted molar refractivity (Wildman–Crippen MR) is 94.3 cm³/mol. The number of thiazole rings is 1. The number of rotatable bonds is 5. The Labute approximate surface area is 139 Å². The van der Waals surface area contributed by atoms with E-state index in [2.05, 4.69) is 10.3 Å². The molecule has 0 aliphatic heterocycles. The number of ether oxygens (including phenoxy) is 1. The van der Waals surface area contributed by atoms with Gasteiger partial charge in [0, 0.05) is 12.1 Å². The van der Waals surface area contributed by atoms with Crippen molar-refractivity contribution in [1.29, 1.82) is 0 Å². The first-order valence-electron chi connectivity index (χ1n) is 7.44. The van der Waals surface area contributed by atoms with Crippen molar-refractivity contribution in [2.45, 2.75) is 19.8 Å². The first-order valence-corrected chi connectivity index (χ1v) is 8.25. The summed E-state index contributed by atoms with van der Waals surface area (Å²) in [6, 6.07) is 13.6. The number of carbonyl (C=O) groups is 1. The Morgan fingerprint density at radius 1 is 1.22 bits per heavy atom. The fourth-order valence-corrected chi connectivity index (χ4v) is 3.26. The van der Waals surface area contributed by atoms with Crippen molar-refractivity contribution in [2.24, 2.45) is 0 Å². The van der Waals surface area contributed by atoms with Crippen LogP contribution in [0.2, 0.25) is 0 Å². The van der Waals surface area contributed by atoms with Crippen LogP contribution in [0, 0.1) is 6.92 Å². The molecule has 0 bridgehead atoms. The Morgan fingerprint density at radius 2 is 2.00 bits per heavy atom. The van der Waals surface area contributed by atoms with Gasteiger partial charge in [0.1, 0.15) is 5.75 Å². The molecule has 0 fully saturated rings. The Bertz CT molecular complexity index is 825. The summed E-state index contributed by atoms with van der Waals surface area (Å²) in [5.41, 5.74) is 2.92. The second-order valence-electron chi connectivity index (χ2n) is 5.31. The van der Waals surface area contributed by atoms with E-state index in [9.17, 15) is 4.79 Å². The number of amides is 1. The number of carbonyl (C=O) groups excluding carboxylic acids is 1. The Kier molecular flexibility index (Phi) is 4.57. The van der Waals surface area contributed by atoms with E-state index in [1.165, 1.54) is 0 Å². The molecule has 1 amide bonds. The van der Waals surface area contributed by atoms with E-state index in [0.29, 0.717) is 12.8 Å². The average molecular weight is 326 g/mol. The van der Waals surface area contributed by atoms with Crippen LogP contribution in [0.4, 0.5) is 5.69 Å². The lowest BCUT2D eigenvalue weighted by atomic mass is 10.1. The van der Waals surface area contributed by atoms with E-state index in [1.807, 2.05) is 49.4 Å². The molecule has 5 heteroatoms. The van der Waals surface area contributed by atoms with Crippen molar-refractivity contribution in [3.05, 3.63) is 53.0 Å². The molecule has 1 aromatic heterocycles. The van der Waals surface area contributed by atoms with E-state index >= 15 is 0 Å². The minimum Gasteiger partial charge on any atom is -0.497 e. The number of nitrogens with zero attached hydrogens (tertiary/aromatic N) is 1. The monoisotopic (exact) mass is 326 g/mol. The molecule has 0 atom stereocenters. The van der Waals surface area contributed by atoms with Gasteiger partial charge in [0.15, 0.2) is 0 Å². The largest absolute Gasteiger partial charge is 0.497 e. The van der Waals surface area contributed by atoms with E-state index in [0.717, 1.165) is 32.2 Å². The Morgan fingerprint density at radius 3 is 2.74 bits per heavy atom. The quantitative estimate of drug-likeness (QED) is 0.765. The minimum atomic E-state index is 0.0152. The fourth-order valence-electron chi connectivity index (χ4n) is 2.39. The lowest BCUT2D eigenvalue weighted by Crippen LogP contribution is -2.12. The third kappa shape index (κ3) is 3.87. The third-order valence-corrected chi connectivity index (χ3v) is 4.51. The van der Waals surface area contributed by atoms with E-state index < -0.39 is 0 Å². The van der Waals surface area contributed by atoms with Gasteiger partial charge in [-0.1, -0.05) is 12.1 Å². The van der Waals surface area contributed by atoms with E-state index in [1.54, 1.807) is 18.4 Å². The summed E-state index contributed by atoms with van der Waals surface area (Å²) < 4.78 is 6.22. The molecule has 0 aliphatic rings. The number of aromatic nitrogens is 1. The molecule has 0 unspecified atom stereocenters. The van der Waals surface area contributed by atoms with Crippen LogP contribution < -0.4 is 10.1 Å². The van der Waals surface area contributed by atoms with Gasteiger partial charge in [-0.3, -0.25) is 4.79 Å². The van der Waals surface area contributed by atoms with Gasteiger partial charge in [-0.15, -0.1) is 11.3 Å². The van der Waals surface area contributed by atoms with Gasteiger partial charge < -0.3 is 10.1 Å². The molecule has 3 rings (SSSR count). The second kappa shape index (κ2) is 6.79. The van der Waals surface area contributed by atoms with Gasteiger partial charge in [-0.25, -0.2) is 4.98 Å². The van der Waals surface area contributed by atoms with E-state index in [-0.39, 0.29) is 5.91 Å². The zero-order valence-corrected chi connectivity index (χ0v) is 13.9. The number of nitrogens with one attached hydrogen (secondary N) is 1. The molecule has 23 heavy (non-hydrogen) atoms. The summed E-state index contributed by atoms with van der Waals surface area (Å²) >= 11 is 1.63. The number of aryl methyl sites for hydroxylation is 2.